The predicted octanol–water partition coefficient (Wildman–Crippen LogP) is 4.29. The molecule has 0 aliphatic heterocycles. The lowest BCUT2D eigenvalue weighted by Gasteiger charge is -2.45. The van der Waals surface area contributed by atoms with Crippen molar-refractivity contribution in [2.24, 2.45) is 17.3 Å². The lowest BCUT2D eigenvalue weighted by Crippen LogP contribution is -2.40. The average Bonchev–Trinajstić information content (AvgIpc) is 3.06. The Hall–Kier alpha value is -1.27. The van der Waals surface area contributed by atoms with Crippen LogP contribution in [0.25, 0.3) is 0 Å². The van der Waals surface area contributed by atoms with Gasteiger partial charge in [-0.3, -0.25) is 9.18 Å². The first-order chi connectivity index (χ1) is 14.4. The quantitative estimate of drug-likeness (QED) is 0.246. The first kappa shape index (κ1) is 25.0. The van der Waals surface area contributed by atoms with Crippen molar-refractivity contribution in [1.29, 1.82) is 0 Å². The zero-order valence-corrected chi connectivity index (χ0v) is 18.4. The van der Waals surface area contributed by atoms with E-state index in [4.69, 9.17) is 0 Å². The fourth-order valence-electron chi connectivity index (χ4n) is 5.02. The summed E-state index contributed by atoms with van der Waals surface area (Å²) in [5.74, 6) is -0.118. The van der Waals surface area contributed by atoms with E-state index in [1.807, 2.05) is 6.08 Å². The highest BCUT2D eigenvalue weighted by Gasteiger charge is 2.42. The first-order valence-electron chi connectivity index (χ1n) is 11.6. The summed E-state index contributed by atoms with van der Waals surface area (Å²) >= 11 is 0. The van der Waals surface area contributed by atoms with Crippen LogP contribution in [0, 0.1) is 17.3 Å². The number of methoxy groups -OCH3 is 1. The maximum absolute atomic E-state index is 12.4. The minimum absolute atomic E-state index is 0.00265. The number of allylic oxidation sites excluding steroid dienone is 1. The number of ether oxygens (including phenoxy) is 1. The molecule has 172 valence electrons. The van der Waals surface area contributed by atoms with Crippen molar-refractivity contribution in [3.8, 4) is 0 Å². The number of Topliss-reactive ketones (excluding diaryl/α,β-unsaturated/α-hetero) is 1. The van der Waals surface area contributed by atoms with Crippen LogP contribution >= 0.6 is 0 Å². The number of rotatable bonds is 14. The Kier molecular flexibility index (Phi) is 10.5. The normalized spacial score (nSPS) is 25.3. The molecule has 5 nitrogen and oxygen atoms in total. The maximum atomic E-state index is 12.4. The summed E-state index contributed by atoms with van der Waals surface area (Å²) in [6, 6.07) is 0. The Balaban J connectivity index is 1.77. The molecule has 6 heteroatoms. The lowest BCUT2D eigenvalue weighted by atomic mass is 9.62. The van der Waals surface area contributed by atoms with Crippen molar-refractivity contribution in [3.05, 3.63) is 12.2 Å². The van der Waals surface area contributed by atoms with Crippen LogP contribution in [0.15, 0.2) is 12.2 Å². The molecular weight excluding hydrogens is 387 g/mol. The topological polar surface area (TPSA) is 83.8 Å². The Morgan fingerprint density at radius 3 is 2.63 bits per heavy atom. The predicted molar refractivity (Wildman–Crippen MR) is 114 cm³/mol. The van der Waals surface area contributed by atoms with Crippen molar-refractivity contribution in [1.82, 2.24) is 0 Å². The number of esters is 1. The molecule has 4 atom stereocenters. The summed E-state index contributed by atoms with van der Waals surface area (Å²) in [5.41, 5.74) is -0.0930. The number of aliphatic hydroxyl groups is 2. The summed E-state index contributed by atoms with van der Waals surface area (Å²) < 4.78 is 16.9. The lowest BCUT2D eigenvalue weighted by molar-refractivity contribution is -0.150. The fourth-order valence-corrected chi connectivity index (χ4v) is 5.02. The van der Waals surface area contributed by atoms with E-state index in [0.29, 0.717) is 25.0 Å². The number of alkyl halides is 1. The van der Waals surface area contributed by atoms with Gasteiger partial charge in [0.05, 0.1) is 19.9 Å². The highest BCUT2D eigenvalue weighted by molar-refractivity contribution is 5.83. The molecule has 2 N–H and O–H groups in total. The van der Waals surface area contributed by atoms with Crippen LogP contribution in [-0.2, 0) is 14.3 Å². The van der Waals surface area contributed by atoms with E-state index >= 15 is 0 Å². The van der Waals surface area contributed by atoms with Crippen LogP contribution in [0.4, 0.5) is 4.39 Å². The van der Waals surface area contributed by atoms with Gasteiger partial charge in [-0.15, -0.1) is 0 Å². The van der Waals surface area contributed by atoms with Crippen LogP contribution in [0.2, 0.25) is 0 Å². The van der Waals surface area contributed by atoms with Gasteiger partial charge < -0.3 is 14.9 Å². The monoisotopic (exact) mass is 426 g/mol. The highest BCUT2D eigenvalue weighted by atomic mass is 19.1. The number of carbonyl (C=O) groups excluding carboxylic acids is 2. The average molecular weight is 427 g/mol. The molecule has 0 aromatic heterocycles. The number of ketones is 1. The largest absolute Gasteiger partial charge is 0.467 e. The van der Waals surface area contributed by atoms with Crippen LogP contribution in [0.1, 0.15) is 83.5 Å². The smallest absolute Gasteiger partial charge is 0.334 e. The van der Waals surface area contributed by atoms with E-state index in [-0.39, 0.29) is 23.9 Å². The van der Waals surface area contributed by atoms with Crippen LogP contribution < -0.4 is 0 Å². The molecule has 0 saturated heterocycles. The second-order valence-corrected chi connectivity index (χ2v) is 9.14. The third-order valence-corrected chi connectivity index (χ3v) is 7.20. The van der Waals surface area contributed by atoms with Crippen LogP contribution in [0.3, 0.4) is 0 Å². The molecule has 1 unspecified atom stereocenters. The summed E-state index contributed by atoms with van der Waals surface area (Å²) in [6.45, 7) is -0.296. The number of aliphatic hydroxyl groups excluding tert-OH is 2. The molecular formula is C24H39FO5. The van der Waals surface area contributed by atoms with E-state index in [2.05, 4.69) is 10.8 Å². The fraction of sp³-hybridized carbons (Fsp3) is 0.833. The zero-order chi connectivity index (χ0) is 22.0. The van der Waals surface area contributed by atoms with Crippen LogP contribution in [0.5, 0.6) is 0 Å². The zero-order valence-electron chi connectivity index (χ0n) is 18.4. The van der Waals surface area contributed by atoms with Gasteiger partial charge in [-0.2, -0.15) is 0 Å². The molecule has 0 amide bonds. The molecule has 0 spiro atoms. The summed E-state index contributed by atoms with van der Waals surface area (Å²) in [7, 11) is 1.26. The first-order valence-corrected chi connectivity index (χ1v) is 11.6. The third kappa shape index (κ3) is 6.88. The molecule has 2 fully saturated rings. The molecule has 0 heterocycles. The standard InChI is InChI=1S/C24H39FO5/c1-30-23(29)21(27)9-4-2-3-8-19-18(10-12-20(19)26)11-13-22(28)24(15-7-16-24)14-5-6-17-25/h11,13,18-19,21-22,27-28H,2-10,12,14-17H2,1H3/t18-,19-,21?,22-/m1/s1. The SMILES string of the molecule is COC(=O)C(O)CCCCC[C@H]1C(=O)CC[C@@H]1C=C[C@@H](O)C1(CCCCF)CCC1. The summed E-state index contributed by atoms with van der Waals surface area (Å²) in [4.78, 5) is 23.5. The van der Waals surface area contributed by atoms with Crippen molar-refractivity contribution < 1.29 is 28.9 Å². The number of halogens is 1. The Morgan fingerprint density at radius 2 is 2.00 bits per heavy atom. The molecule has 0 radical (unpaired) electrons. The van der Waals surface area contributed by atoms with Gasteiger partial charge in [0.15, 0.2) is 6.10 Å². The second-order valence-electron chi connectivity index (χ2n) is 9.14. The maximum Gasteiger partial charge on any atom is 0.334 e. The molecule has 2 aliphatic carbocycles. The van der Waals surface area contributed by atoms with Gasteiger partial charge in [0.2, 0.25) is 0 Å². The highest BCUT2D eigenvalue weighted by Crippen LogP contribution is 2.48. The van der Waals surface area contributed by atoms with Gasteiger partial charge in [-0.25, -0.2) is 4.79 Å². The Bertz CT molecular complexity index is 572. The molecule has 30 heavy (non-hydrogen) atoms. The summed E-state index contributed by atoms with van der Waals surface area (Å²) in [5, 5.41) is 20.4. The molecule has 0 bridgehead atoms. The van der Waals surface area contributed by atoms with Crippen molar-refractivity contribution >= 4 is 11.8 Å². The van der Waals surface area contributed by atoms with Gasteiger partial charge >= 0.3 is 5.97 Å². The minimum atomic E-state index is -1.07. The Morgan fingerprint density at radius 1 is 1.23 bits per heavy atom. The third-order valence-electron chi connectivity index (χ3n) is 7.20. The number of hydrogen-bond acceptors (Lipinski definition) is 5. The molecule has 0 aromatic rings. The molecule has 2 rings (SSSR count). The van der Waals surface area contributed by atoms with Gasteiger partial charge in [0.1, 0.15) is 5.78 Å². The minimum Gasteiger partial charge on any atom is -0.467 e. The van der Waals surface area contributed by atoms with E-state index in [9.17, 15) is 24.2 Å². The van der Waals surface area contributed by atoms with Gasteiger partial charge in [0.25, 0.3) is 0 Å². The van der Waals surface area contributed by atoms with Crippen molar-refractivity contribution in [2.75, 3.05) is 13.8 Å². The van der Waals surface area contributed by atoms with E-state index in [0.717, 1.165) is 64.2 Å². The Labute approximate surface area is 180 Å². The van der Waals surface area contributed by atoms with Gasteiger partial charge in [-0.05, 0) is 56.3 Å². The number of carbonyl (C=O) groups is 2. The van der Waals surface area contributed by atoms with Gasteiger partial charge in [0, 0.05) is 12.3 Å². The van der Waals surface area contributed by atoms with Gasteiger partial charge in [-0.1, -0.05) is 44.3 Å². The molecule has 0 aromatic carbocycles. The van der Waals surface area contributed by atoms with Crippen LogP contribution in [-0.4, -0.2) is 48.0 Å². The number of hydrogen-bond donors (Lipinski definition) is 2. The summed E-state index contributed by atoms with van der Waals surface area (Å²) in [6.07, 6.45) is 12.8. The van der Waals surface area contributed by atoms with E-state index < -0.39 is 18.2 Å². The van der Waals surface area contributed by atoms with Crippen molar-refractivity contribution in [3.63, 3.8) is 0 Å². The van der Waals surface area contributed by atoms with Crippen molar-refractivity contribution in [2.45, 2.75) is 95.7 Å². The second kappa shape index (κ2) is 12.6. The molecule has 2 aliphatic rings. The van der Waals surface area contributed by atoms with E-state index in [1.54, 1.807) is 0 Å². The number of unbranched alkanes of at least 4 members (excludes halogenated alkanes) is 3. The van der Waals surface area contributed by atoms with E-state index in [1.165, 1.54) is 7.11 Å². The molecule has 2 saturated carbocycles.